The van der Waals surface area contributed by atoms with E-state index >= 15 is 0 Å². The number of hydrogen-bond acceptors (Lipinski definition) is 5. The molecule has 1 aliphatic rings. The number of rotatable bonds is 6. The molecular formula is C18H25N3O2S2. The zero-order valence-electron chi connectivity index (χ0n) is 14.9. The number of thioether (sulfide) groups is 1. The number of amides is 1. The first-order valence-corrected chi connectivity index (χ1v) is 10.8. The van der Waals surface area contributed by atoms with Crippen LogP contribution in [0, 0.1) is 0 Å². The fourth-order valence-corrected chi connectivity index (χ4v) is 5.08. The molecule has 0 atom stereocenters. The summed E-state index contributed by atoms with van der Waals surface area (Å²) in [5, 5.41) is 2.55. The summed E-state index contributed by atoms with van der Waals surface area (Å²) >= 11 is 2.82. The number of thiophene rings is 1. The number of aromatic nitrogens is 2. The van der Waals surface area contributed by atoms with Gasteiger partial charge in [0.05, 0.1) is 11.3 Å². The molecule has 5 nitrogen and oxygen atoms in total. The molecule has 1 fully saturated rings. The molecule has 0 radical (unpaired) electrons. The molecule has 3 rings (SSSR count). The Morgan fingerprint density at radius 1 is 1.40 bits per heavy atom. The van der Waals surface area contributed by atoms with Gasteiger partial charge in [-0.2, -0.15) is 0 Å². The largest absolute Gasteiger partial charge is 0.342 e. The Morgan fingerprint density at radius 3 is 2.88 bits per heavy atom. The fourth-order valence-electron chi connectivity index (χ4n) is 3.35. The van der Waals surface area contributed by atoms with E-state index in [1.165, 1.54) is 42.4 Å². The van der Waals surface area contributed by atoms with Gasteiger partial charge in [0.1, 0.15) is 4.70 Å². The molecular weight excluding hydrogens is 354 g/mol. The third kappa shape index (κ3) is 4.08. The third-order valence-electron chi connectivity index (χ3n) is 4.82. The molecule has 1 amide bonds. The first kappa shape index (κ1) is 18.5. The third-order valence-corrected chi connectivity index (χ3v) is 6.67. The Hall–Kier alpha value is -1.34. The Kier molecular flexibility index (Phi) is 6.17. The summed E-state index contributed by atoms with van der Waals surface area (Å²) in [4.78, 5) is 31.8. The molecule has 2 heterocycles. The van der Waals surface area contributed by atoms with Crippen molar-refractivity contribution in [3.63, 3.8) is 0 Å². The first-order valence-electron chi connectivity index (χ1n) is 8.98. The van der Waals surface area contributed by atoms with Crippen LogP contribution in [-0.2, 0) is 11.3 Å². The molecule has 7 heteroatoms. The van der Waals surface area contributed by atoms with Crippen molar-refractivity contribution in [2.45, 2.75) is 63.2 Å². The molecule has 136 valence electrons. The number of fused-ring (bicyclic) bond motifs is 1. The predicted octanol–water partition coefficient (Wildman–Crippen LogP) is 3.75. The molecule has 0 aromatic carbocycles. The van der Waals surface area contributed by atoms with E-state index in [9.17, 15) is 9.59 Å². The van der Waals surface area contributed by atoms with Gasteiger partial charge < -0.3 is 4.90 Å². The van der Waals surface area contributed by atoms with Crippen LogP contribution in [0.3, 0.4) is 0 Å². The van der Waals surface area contributed by atoms with E-state index in [4.69, 9.17) is 0 Å². The fraction of sp³-hybridized carbons (Fsp3) is 0.611. The Bertz CT molecular complexity index is 793. The van der Waals surface area contributed by atoms with Crippen molar-refractivity contribution in [2.24, 2.45) is 0 Å². The number of carbonyl (C=O) groups excluding carboxylic acids is 1. The van der Waals surface area contributed by atoms with Gasteiger partial charge in [-0.25, -0.2) is 4.98 Å². The van der Waals surface area contributed by atoms with Crippen molar-refractivity contribution in [3.05, 3.63) is 21.8 Å². The summed E-state index contributed by atoms with van der Waals surface area (Å²) in [5.74, 6) is 0.457. The van der Waals surface area contributed by atoms with E-state index in [-0.39, 0.29) is 11.5 Å². The van der Waals surface area contributed by atoms with Gasteiger partial charge in [0.15, 0.2) is 5.16 Å². The van der Waals surface area contributed by atoms with Crippen LogP contribution in [0.1, 0.15) is 45.4 Å². The van der Waals surface area contributed by atoms with Crippen LogP contribution in [0.2, 0.25) is 0 Å². The molecule has 1 saturated carbocycles. The lowest BCUT2D eigenvalue weighted by Crippen LogP contribution is -2.39. The van der Waals surface area contributed by atoms with Crippen LogP contribution in [-0.4, -0.2) is 39.2 Å². The average Bonchev–Trinajstić information content (AvgIpc) is 3.11. The molecule has 1 aliphatic carbocycles. The van der Waals surface area contributed by atoms with Crippen molar-refractivity contribution in [1.29, 1.82) is 0 Å². The molecule has 0 unspecified atom stereocenters. The second kappa shape index (κ2) is 8.36. The molecule has 0 aliphatic heterocycles. The first-order chi connectivity index (χ1) is 12.1. The number of carbonyl (C=O) groups is 1. The lowest BCUT2D eigenvalue weighted by atomic mass is 9.94. The maximum absolute atomic E-state index is 12.7. The van der Waals surface area contributed by atoms with Crippen LogP contribution in [0.5, 0.6) is 0 Å². The number of nitrogens with zero attached hydrogens (tertiary/aromatic N) is 3. The monoisotopic (exact) mass is 379 g/mol. The highest BCUT2D eigenvalue weighted by molar-refractivity contribution is 7.99. The summed E-state index contributed by atoms with van der Waals surface area (Å²) in [6.45, 7) is 2.68. The van der Waals surface area contributed by atoms with Gasteiger partial charge >= 0.3 is 0 Å². The SMILES string of the molecule is CCCn1c(SCC(=O)N(C)C2CCCCC2)nc2ccsc2c1=O. The number of hydrogen-bond donors (Lipinski definition) is 0. The van der Waals surface area contributed by atoms with E-state index in [2.05, 4.69) is 4.98 Å². The lowest BCUT2D eigenvalue weighted by Gasteiger charge is -2.31. The normalized spacial score (nSPS) is 15.6. The van der Waals surface area contributed by atoms with Crippen LogP contribution in [0.25, 0.3) is 10.2 Å². The summed E-state index contributed by atoms with van der Waals surface area (Å²) in [6, 6.07) is 2.24. The van der Waals surface area contributed by atoms with Gasteiger partial charge in [0.2, 0.25) is 5.91 Å². The van der Waals surface area contributed by atoms with Crippen molar-refractivity contribution in [1.82, 2.24) is 14.5 Å². The van der Waals surface area contributed by atoms with E-state index < -0.39 is 0 Å². The predicted molar refractivity (Wildman–Crippen MR) is 105 cm³/mol. The van der Waals surface area contributed by atoms with E-state index in [0.717, 1.165) is 24.8 Å². The van der Waals surface area contributed by atoms with Gasteiger partial charge in [0.25, 0.3) is 5.56 Å². The van der Waals surface area contributed by atoms with Crippen molar-refractivity contribution < 1.29 is 4.79 Å². The maximum Gasteiger partial charge on any atom is 0.272 e. The van der Waals surface area contributed by atoms with Gasteiger partial charge in [-0.05, 0) is 30.7 Å². The smallest absolute Gasteiger partial charge is 0.272 e. The summed E-state index contributed by atoms with van der Waals surface area (Å²) in [5.41, 5.74) is 0.746. The summed E-state index contributed by atoms with van der Waals surface area (Å²) < 4.78 is 2.42. The van der Waals surface area contributed by atoms with E-state index in [0.29, 0.717) is 28.2 Å². The molecule has 0 bridgehead atoms. The van der Waals surface area contributed by atoms with Crippen molar-refractivity contribution in [3.8, 4) is 0 Å². The van der Waals surface area contributed by atoms with Crippen molar-refractivity contribution in [2.75, 3.05) is 12.8 Å². The maximum atomic E-state index is 12.7. The van der Waals surface area contributed by atoms with Gasteiger partial charge in [-0.1, -0.05) is 37.9 Å². The molecule has 0 spiro atoms. The zero-order valence-corrected chi connectivity index (χ0v) is 16.5. The molecule has 2 aromatic heterocycles. The molecule has 2 aromatic rings. The minimum atomic E-state index is 0.0115. The van der Waals surface area contributed by atoms with Crippen LogP contribution in [0.4, 0.5) is 0 Å². The highest BCUT2D eigenvalue weighted by Gasteiger charge is 2.22. The van der Waals surface area contributed by atoms with Gasteiger partial charge in [-0.3, -0.25) is 14.2 Å². The topological polar surface area (TPSA) is 55.2 Å². The lowest BCUT2D eigenvalue weighted by molar-refractivity contribution is -0.129. The summed E-state index contributed by atoms with van der Waals surface area (Å²) in [6.07, 6.45) is 6.77. The standard InChI is InChI=1S/C18H25N3O2S2/c1-3-10-21-17(23)16-14(9-11-24-16)19-18(21)25-12-15(22)20(2)13-7-5-4-6-8-13/h9,11,13H,3-8,10,12H2,1-2H3. The van der Waals surface area contributed by atoms with Crippen LogP contribution >= 0.6 is 23.1 Å². The van der Waals surface area contributed by atoms with Crippen LogP contribution in [0.15, 0.2) is 21.4 Å². The highest BCUT2D eigenvalue weighted by atomic mass is 32.2. The Labute approximate surface area is 156 Å². The second-order valence-electron chi connectivity index (χ2n) is 6.57. The Balaban J connectivity index is 1.74. The van der Waals surface area contributed by atoms with Gasteiger partial charge in [0, 0.05) is 19.6 Å². The second-order valence-corrected chi connectivity index (χ2v) is 8.43. The van der Waals surface area contributed by atoms with E-state index in [1.54, 1.807) is 4.57 Å². The van der Waals surface area contributed by atoms with E-state index in [1.807, 2.05) is 30.3 Å². The minimum Gasteiger partial charge on any atom is -0.342 e. The Morgan fingerprint density at radius 2 is 2.16 bits per heavy atom. The zero-order chi connectivity index (χ0) is 17.8. The highest BCUT2D eigenvalue weighted by Crippen LogP contribution is 2.24. The summed E-state index contributed by atoms with van der Waals surface area (Å²) in [7, 11) is 1.91. The van der Waals surface area contributed by atoms with Crippen LogP contribution < -0.4 is 5.56 Å². The van der Waals surface area contributed by atoms with Crippen molar-refractivity contribution >= 4 is 39.2 Å². The molecule has 0 saturated heterocycles. The van der Waals surface area contributed by atoms with Gasteiger partial charge in [-0.15, -0.1) is 11.3 Å². The molecule has 0 N–H and O–H groups in total. The molecule has 25 heavy (non-hydrogen) atoms. The quantitative estimate of drug-likeness (QED) is 0.567. The average molecular weight is 380 g/mol. The minimum absolute atomic E-state index is 0.0115.